The van der Waals surface area contributed by atoms with Crippen LogP contribution < -0.4 is 15.4 Å². The Balaban J connectivity index is 3.18. The molecule has 0 aliphatic carbocycles. The van der Waals surface area contributed by atoms with Gasteiger partial charge in [0.15, 0.2) is 0 Å². The average Bonchev–Trinajstić information content (AvgIpc) is 2.32. The number of aliphatic hydroxyl groups is 1. The van der Waals surface area contributed by atoms with E-state index >= 15 is 0 Å². The number of methoxy groups -OCH3 is 1. The van der Waals surface area contributed by atoms with E-state index in [9.17, 15) is 0 Å². The highest BCUT2D eigenvalue weighted by molar-refractivity contribution is 5.67. The largest absolute Gasteiger partial charge is 0.494 e. The van der Waals surface area contributed by atoms with Gasteiger partial charge < -0.3 is 20.5 Å². The number of benzene rings is 1. The number of hydrogen-bond donors (Lipinski definition) is 2. The highest BCUT2D eigenvalue weighted by Crippen LogP contribution is 2.36. The van der Waals surface area contributed by atoms with Gasteiger partial charge in [-0.05, 0) is 37.5 Å². The molecule has 0 bridgehead atoms. The number of hydrogen-bond acceptors (Lipinski definition) is 4. The van der Waals surface area contributed by atoms with Gasteiger partial charge in [0.05, 0.1) is 19.4 Å². The summed E-state index contributed by atoms with van der Waals surface area (Å²) in [5, 5.41) is 9.04. The summed E-state index contributed by atoms with van der Waals surface area (Å²) in [5.74, 6) is 0.889. The van der Waals surface area contributed by atoms with E-state index in [1.165, 1.54) is 5.56 Å². The summed E-state index contributed by atoms with van der Waals surface area (Å²) < 4.78 is 5.53. The lowest BCUT2D eigenvalue weighted by Gasteiger charge is -2.27. The topological polar surface area (TPSA) is 58.7 Å². The van der Waals surface area contributed by atoms with Crippen LogP contribution in [-0.2, 0) is 0 Å². The Bertz CT molecular complexity index is 419. The van der Waals surface area contributed by atoms with Gasteiger partial charge in [-0.2, -0.15) is 0 Å². The molecule has 0 saturated carbocycles. The molecule has 0 aromatic heterocycles. The number of nitrogens with two attached hydrogens (primary N) is 1. The predicted octanol–water partition coefficient (Wildman–Crippen LogP) is 1.38. The Morgan fingerprint density at radius 3 is 2.44 bits per heavy atom. The molecule has 3 N–H and O–H groups in total. The van der Waals surface area contributed by atoms with Gasteiger partial charge in [0, 0.05) is 19.6 Å². The second-order valence-corrected chi connectivity index (χ2v) is 4.84. The van der Waals surface area contributed by atoms with E-state index in [2.05, 4.69) is 26.8 Å². The molecule has 18 heavy (non-hydrogen) atoms. The van der Waals surface area contributed by atoms with Gasteiger partial charge in [-0.15, -0.1) is 0 Å². The van der Waals surface area contributed by atoms with Crippen molar-refractivity contribution in [2.75, 3.05) is 32.2 Å². The van der Waals surface area contributed by atoms with Gasteiger partial charge in [-0.3, -0.25) is 0 Å². The molecule has 0 amide bonds. The van der Waals surface area contributed by atoms with Crippen molar-refractivity contribution >= 4 is 5.69 Å². The average molecular weight is 252 g/mol. The lowest BCUT2D eigenvalue weighted by atomic mass is 10.0. The van der Waals surface area contributed by atoms with E-state index in [0.717, 1.165) is 22.6 Å². The first kappa shape index (κ1) is 14.8. The molecule has 0 saturated heterocycles. The van der Waals surface area contributed by atoms with Gasteiger partial charge in [0.1, 0.15) is 5.75 Å². The number of rotatable bonds is 5. The Morgan fingerprint density at radius 2 is 1.94 bits per heavy atom. The fraction of sp³-hybridized carbons (Fsp3) is 0.571. The first-order chi connectivity index (χ1) is 8.42. The SMILES string of the molecule is COc1c(C)c(C)cc(C)c1N(C)CC(N)CO. The maximum Gasteiger partial charge on any atom is 0.145 e. The molecular formula is C14H24N2O2. The Hall–Kier alpha value is -1.26. The summed E-state index contributed by atoms with van der Waals surface area (Å²) in [6.07, 6.45) is 0. The van der Waals surface area contributed by atoms with E-state index in [4.69, 9.17) is 15.6 Å². The lowest BCUT2D eigenvalue weighted by Crippen LogP contribution is -2.38. The third-order valence-corrected chi connectivity index (χ3v) is 3.28. The lowest BCUT2D eigenvalue weighted by molar-refractivity contribution is 0.267. The van der Waals surface area contributed by atoms with Crippen molar-refractivity contribution in [2.45, 2.75) is 26.8 Å². The molecule has 1 aromatic carbocycles. The van der Waals surface area contributed by atoms with Crippen molar-refractivity contribution in [3.63, 3.8) is 0 Å². The fourth-order valence-corrected chi connectivity index (χ4v) is 2.26. The van der Waals surface area contributed by atoms with Crippen LogP contribution in [0, 0.1) is 20.8 Å². The van der Waals surface area contributed by atoms with Gasteiger partial charge in [0.25, 0.3) is 0 Å². The molecule has 0 heterocycles. The van der Waals surface area contributed by atoms with Crippen molar-refractivity contribution in [3.8, 4) is 5.75 Å². The summed E-state index contributed by atoms with van der Waals surface area (Å²) in [5.41, 5.74) is 10.3. The van der Waals surface area contributed by atoms with Crippen LogP contribution in [0.15, 0.2) is 6.07 Å². The smallest absolute Gasteiger partial charge is 0.145 e. The maximum absolute atomic E-state index is 9.04. The van der Waals surface area contributed by atoms with Crippen LogP contribution in [-0.4, -0.2) is 38.5 Å². The standard InChI is InChI=1S/C14H24N2O2/c1-9-6-10(2)13(14(18-5)11(9)3)16(4)7-12(15)8-17/h6,12,17H,7-8,15H2,1-5H3. The van der Waals surface area contributed by atoms with Gasteiger partial charge >= 0.3 is 0 Å². The molecule has 0 radical (unpaired) electrons. The zero-order valence-corrected chi connectivity index (χ0v) is 11.9. The minimum atomic E-state index is -0.249. The minimum absolute atomic E-state index is 0.0173. The zero-order valence-electron chi connectivity index (χ0n) is 11.9. The van der Waals surface area contributed by atoms with E-state index in [1.54, 1.807) is 7.11 Å². The summed E-state index contributed by atoms with van der Waals surface area (Å²) in [4.78, 5) is 2.04. The molecule has 0 aliphatic rings. The van der Waals surface area contributed by atoms with Crippen LogP contribution in [0.4, 0.5) is 5.69 Å². The highest BCUT2D eigenvalue weighted by Gasteiger charge is 2.17. The van der Waals surface area contributed by atoms with Crippen LogP contribution >= 0.6 is 0 Å². The number of nitrogens with zero attached hydrogens (tertiary/aromatic N) is 1. The van der Waals surface area contributed by atoms with Crippen LogP contribution in [0.5, 0.6) is 5.75 Å². The molecule has 0 spiro atoms. The first-order valence-electron chi connectivity index (χ1n) is 6.14. The van der Waals surface area contributed by atoms with Crippen LogP contribution in [0.1, 0.15) is 16.7 Å². The van der Waals surface area contributed by atoms with E-state index in [-0.39, 0.29) is 12.6 Å². The molecule has 1 rings (SSSR count). The summed E-state index contributed by atoms with van der Waals surface area (Å²) in [6.45, 7) is 6.77. The van der Waals surface area contributed by atoms with Crippen LogP contribution in [0.2, 0.25) is 0 Å². The van der Waals surface area contributed by atoms with E-state index < -0.39 is 0 Å². The van der Waals surface area contributed by atoms with Gasteiger partial charge in [-0.25, -0.2) is 0 Å². The van der Waals surface area contributed by atoms with Crippen molar-refractivity contribution in [1.82, 2.24) is 0 Å². The van der Waals surface area contributed by atoms with E-state index in [0.29, 0.717) is 6.54 Å². The van der Waals surface area contributed by atoms with Gasteiger partial charge in [0.2, 0.25) is 0 Å². The molecule has 102 valence electrons. The normalized spacial score (nSPS) is 12.4. The molecule has 0 aliphatic heterocycles. The third kappa shape index (κ3) is 2.94. The number of anilines is 1. The van der Waals surface area contributed by atoms with Crippen LogP contribution in [0.25, 0.3) is 0 Å². The molecule has 0 fully saturated rings. The Labute approximate surface area is 109 Å². The molecule has 4 nitrogen and oxygen atoms in total. The maximum atomic E-state index is 9.04. The second kappa shape index (κ2) is 6.07. The highest BCUT2D eigenvalue weighted by atomic mass is 16.5. The molecular weight excluding hydrogens is 228 g/mol. The zero-order chi connectivity index (χ0) is 13.9. The van der Waals surface area contributed by atoms with E-state index in [1.807, 2.05) is 11.9 Å². The summed E-state index contributed by atoms with van der Waals surface area (Å²) in [6, 6.07) is 1.90. The third-order valence-electron chi connectivity index (χ3n) is 3.28. The first-order valence-corrected chi connectivity index (χ1v) is 6.14. The molecule has 4 heteroatoms. The molecule has 1 unspecified atom stereocenters. The number of likely N-dealkylation sites (N-methyl/N-ethyl adjacent to an activating group) is 1. The molecule has 1 aromatic rings. The van der Waals surface area contributed by atoms with Crippen molar-refractivity contribution in [2.24, 2.45) is 5.73 Å². The second-order valence-electron chi connectivity index (χ2n) is 4.84. The van der Waals surface area contributed by atoms with Crippen molar-refractivity contribution in [1.29, 1.82) is 0 Å². The number of ether oxygens (including phenoxy) is 1. The molecule has 1 atom stereocenters. The summed E-state index contributed by atoms with van der Waals surface area (Å²) >= 11 is 0. The summed E-state index contributed by atoms with van der Waals surface area (Å²) in [7, 11) is 3.65. The quantitative estimate of drug-likeness (QED) is 0.831. The minimum Gasteiger partial charge on any atom is -0.494 e. The Morgan fingerprint density at radius 1 is 1.33 bits per heavy atom. The fourth-order valence-electron chi connectivity index (χ4n) is 2.26. The number of aryl methyl sites for hydroxylation is 2. The van der Waals surface area contributed by atoms with Crippen molar-refractivity contribution in [3.05, 3.63) is 22.8 Å². The number of aliphatic hydroxyl groups excluding tert-OH is 1. The van der Waals surface area contributed by atoms with Crippen molar-refractivity contribution < 1.29 is 9.84 Å². The van der Waals surface area contributed by atoms with Crippen LogP contribution in [0.3, 0.4) is 0 Å². The Kier molecular flexibility index (Phi) is 4.99. The monoisotopic (exact) mass is 252 g/mol. The predicted molar refractivity (Wildman–Crippen MR) is 75.5 cm³/mol. The van der Waals surface area contributed by atoms with Gasteiger partial charge in [-0.1, -0.05) is 6.07 Å².